The summed E-state index contributed by atoms with van der Waals surface area (Å²) in [5, 5.41) is 6.00. The van der Waals surface area contributed by atoms with Gasteiger partial charge in [0.15, 0.2) is 0 Å². The SMILES string of the molecule is Cc1ccc(NC(=O)CNC(=O)C2CC3CCCC(C2)C3N)c(Cl)c1. The highest BCUT2D eigenvalue weighted by molar-refractivity contribution is 6.33. The largest absolute Gasteiger partial charge is 0.347 e. The van der Waals surface area contributed by atoms with E-state index in [1.54, 1.807) is 12.1 Å². The third-order valence-corrected chi connectivity index (χ3v) is 5.92. The lowest BCUT2D eigenvalue weighted by atomic mass is 9.65. The van der Waals surface area contributed by atoms with Crippen molar-refractivity contribution >= 4 is 29.1 Å². The summed E-state index contributed by atoms with van der Waals surface area (Å²) in [5.74, 6) is 0.568. The number of rotatable bonds is 4. The second-order valence-corrected chi connectivity index (χ2v) is 7.85. The Balaban J connectivity index is 1.49. The standard InChI is InChI=1S/C19H26ClN3O2/c1-11-5-6-16(15(20)7-11)23-17(24)10-22-19(25)14-8-12-3-2-4-13(9-14)18(12)21/h5-7,12-14,18H,2-4,8-10,21H2,1H3,(H,22,25)(H,23,24). The van der Waals surface area contributed by atoms with E-state index in [0.717, 1.165) is 31.2 Å². The highest BCUT2D eigenvalue weighted by Gasteiger charge is 2.40. The van der Waals surface area contributed by atoms with E-state index in [2.05, 4.69) is 10.6 Å². The van der Waals surface area contributed by atoms with Gasteiger partial charge in [-0.15, -0.1) is 0 Å². The summed E-state index contributed by atoms with van der Waals surface area (Å²) in [7, 11) is 0. The van der Waals surface area contributed by atoms with Gasteiger partial charge in [-0.3, -0.25) is 9.59 Å². The van der Waals surface area contributed by atoms with Crippen LogP contribution in [0.15, 0.2) is 18.2 Å². The average molecular weight is 364 g/mol. The van der Waals surface area contributed by atoms with Gasteiger partial charge in [0.05, 0.1) is 17.3 Å². The molecule has 2 atom stereocenters. The zero-order chi connectivity index (χ0) is 18.0. The van der Waals surface area contributed by atoms with Crippen molar-refractivity contribution in [2.24, 2.45) is 23.5 Å². The highest BCUT2D eigenvalue weighted by atomic mass is 35.5. The summed E-state index contributed by atoms with van der Waals surface area (Å²) in [6, 6.07) is 5.68. The fourth-order valence-electron chi connectivity index (χ4n) is 4.23. The van der Waals surface area contributed by atoms with Crippen molar-refractivity contribution in [1.82, 2.24) is 5.32 Å². The molecule has 1 aromatic carbocycles. The van der Waals surface area contributed by atoms with Crippen LogP contribution in [0.2, 0.25) is 5.02 Å². The normalized spacial score (nSPS) is 28.3. The summed E-state index contributed by atoms with van der Waals surface area (Å²) >= 11 is 6.11. The van der Waals surface area contributed by atoms with Gasteiger partial charge in [-0.25, -0.2) is 0 Å². The molecule has 2 amide bonds. The van der Waals surface area contributed by atoms with Crippen molar-refractivity contribution in [2.45, 2.75) is 45.1 Å². The van der Waals surface area contributed by atoms with Crippen LogP contribution in [0, 0.1) is 24.7 Å². The van der Waals surface area contributed by atoms with Crippen molar-refractivity contribution in [3.8, 4) is 0 Å². The van der Waals surface area contributed by atoms with Crippen molar-refractivity contribution in [3.05, 3.63) is 28.8 Å². The van der Waals surface area contributed by atoms with Gasteiger partial charge in [-0.2, -0.15) is 0 Å². The van der Waals surface area contributed by atoms with Crippen molar-refractivity contribution in [2.75, 3.05) is 11.9 Å². The maximum absolute atomic E-state index is 12.4. The summed E-state index contributed by atoms with van der Waals surface area (Å²) in [6.07, 6.45) is 5.14. The Morgan fingerprint density at radius 3 is 2.56 bits per heavy atom. The van der Waals surface area contributed by atoms with E-state index in [9.17, 15) is 9.59 Å². The van der Waals surface area contributed by atoms with E-state index in [0.29, 0.717) is 22.5 Å². The van der Waals surface area contributed by atoms with Crippen molar-refractivity contribution in [1.29, 1.82) is 0 Å². The second-order valence-electron chi connectivity index (χ2n) is 7.45. The number of anilines is 1. The first-order valence-electron chi connectivity index (χ1n) is 9.03. The second kappa shape index (κ2) is 7.75. The molecule has 2 fully saturated rings. The van der Waals surface area contributed by atoms with Gasteiger partial charge in [-0.05, 0) is 62.1 Å². The molecule has 0 radical (unpaired) electrons. The van der Waals surface area contributed by atoms with Gasteiger partial charge in [0.1, 0.15) is 0 Å². The van der Waals surface area contributed by atoms with E-state index in [1.807, 2.05) is 13.0 Å². The minimum atomic E-state index is -0.271. The summed E-state index contributed by atoms with van der Waals surface area (Å²) < 4.78 is 0. The van der Waals surface area contributed by atoms with E-state index in [-0.39, 0.29) is 30.3 Å². The van der Waals surface area contributed by atoms with Crippen LogP contribution in [-0.2, 0) is 9.59 Å². The van der Waals surface area contributed by atoms with Gasteiger partial charge < -0.3 is 16.4 Å². The number of halogens is 1. The molecule has 3 rings (SSSR count). The quantitative estimate of drug-likeness (QED) is 0.769. The van der Waals surface area contributed by atoms with Gasteiger partial charge in [-0.1, -0.05) is 24.1 Å². The lowest BCUT2D eigenvalue weighted by Gasteiger charge is -2.43. The Bertz CT molecular complexity index is 650. The minimum absolute atomic E-state index is 0.0223. The lowest BCUT2D eigenvalue weighted by Crippen LogP contribution is -2.49. The molecule has 0 aliphatic heterocycles. The lowest BCUT2D eigenvalue weighted by molar-refractivity contribution is -0.129. The first-order valence-corrected chi connectivity index (χ1v) is 9.41. The number of hydrogen-bond acceptors (Lipinski definition) is 3. The number of carbonyl (C=O) groups excluding carboxylic acids is 2. The van der Waals surface area contributed by atoms with Crippen LogP contribution in [0.5, 0.6) is 0 Å². The maximum Gasteiger partial charge on any atom is 0.243 e. The number of nitrogens with two attached hydrogens (primary N) is 1. The number of fused-ring (bicyclic) bond motifs is 2. The van der Waals surface area contributed by atoms with Crippen LogP contribution in [0.25, 0.3) is 0 Å². The molecule has 136 valence electrons. The van der Waals surface area contributed by atoms with Crippen LogP contribution >= 0.6 is 11.6 Å². The molecular formula is C19H26ClN3O2. The Kier molecular flexibility index (Phi) is 5.64. The zero-order valence-electron chi connectivity index (χ0n) is 14.6. The average Bonchev–Trinajstić information content (AvgIpc) is 2.55. The predicted octanol–water partition coefficient (Wildman–Crippen LogP) is 2.86. The Morgan fingerprint density at radius 1 is 1.24 bits per heavy atom. The molecule has 2 saturated carbocycles. The van der Waals surface area contributed by atoms with Crippen LogP contribution < -0.4 is 16.4 Å². The molecule has 5 nitrogen and oxygen atoms in total. The maximum atomic E-state index is 12.4. The van der Waals surface area contributed by atoms with Gasteiger partial charge in [0, 0.05) is 12.0 Å². The molecule has 2 aliphatic carbocycles. The Hall–Kier alpha value is -1.59. The molecule has 0 spiro atoms. The molecule has 2 aliphatic rings. The number of amides is 2. The molecule has 0 heterocycles. The van der Waals surface area contributed by atoms with Crippen LogP contribution in [0.1, 0.15) is 37.7 Å². The third kappa shape index (κ3) is 4.33. The number of nitrogens with one attached hydrogen (secondary N) is 2. The molecule has 2 bridgehead atoms. The Morgan fingerprint density at radius 2 is 1.92 bits per heavy atom. The predicted molar refractivity (Wildman–Crippen MR) is 99.4 cm³/mol. The van der Waals surface area contributed by atoms with Crippen LogP contribution in [-0.4, -0.2) is 24.4 Å². The van der Waals surface area contributed by atoms with Crippen molar-refractivity contribution < 1.29 is 9.59 Å². The van der Waals surface area contributed by atoms with E-state index < -0.39 is 0 Å². The van der Waals surface area contributed by atoms with E-state index >= 15 is 0 Å². The van der Waals surface area contributed by atoms with E-state index in [4.69, 9.17) is 17.3 Å². The molecule has 25 heavy (non-hydrogen) atoms. The van der Waals surface area contributed by atoms with Gasteiger partial charge in [0.2, 0.25) is 11.8 Å². The number of carbonyl (C=O) groups is 2. The monoisotopic (exact) mass is 363 g/mol. The first kappa shape index (κ1) is 18.2. The summed E-state index contributed by atoms with van der Waals surface area (Å²) in [6.45, 7) is 1.89. The summed E-state index contributed by atoms with van der Waals surface area (Å²) in [4.78, 5) is 24.5. The molecule has 6 heteroatoms. The van der Waals surface area contributed by atoms with Gasteiger partial charge in [0.25, 0.3) is 0 Å². The van der Waals surface area contributed by atoms with Crippen molar-refractivity contribution in [3.63, 3.8) is 0 Å². The van der Waals surface area contributed by atoms with Crippen LogP contribution in [0.3, 0.4) is 0 Å². The molecule has 0 saturated heterocycles. The van der Waals surface area contributed by atoms with Crippen LogP contribution in [0.4, 0.5) is 5.69 Å². The number of aryl methyl sites for hydroxylation is 1. The third-order valence-electron chi connectivity index (χ3n) is 5.61. The minimum Gasteiger partial charge on any atom is -0.347 e. The molecule has 0 aromatic heterocycles. The molecule has 1 aromatic rings. The molecule has 2 unspecified atom stereocenters. The Labute approximate surface area is 153 Å². The smallest absolute Gasteiger partial charge is 0.243 e. The molecular weight excluding hydrogens is 338 g/mol. The van der Waals surface area contributed by atoms with E-state index in [1.165, 1.54) is 6.42 Å². The molecule has 4 N–H and O–H groups in total. The zero-order valence-corrected chi connectivity index (χ0v) is 15.3. The topological polar surface area (TPSA) is 84.2 Å². The number of hydrogen-bond donors (Lipinski definition) is 3. The van der Waals surface area contributed by atoms with Gasteiger partial charge >= 0.3 is 0 Å². The fraction of sp³-hybridized carbons (Fsp3) is 0.579. The first-order chi connectivity index (χ1) is 11.9. The number of benzene rings is 1. The highest BCUT2D eigenvalue weighted by Crippen LogP contribution is 2.41. The summed E-state index contributed by atoms with van der Waals surface area (Å²) in [5.41, 5.74) is 7.86. The fourth-order valence-corrected chi connectivity index (χ4v) is 4.51.